The summed E-state index contributed by atoms with van der Waals surface area (Å²) >= 11 is 0. The molecular weight excluding hydrogens is 419 g/mol. The summed E-state index contributed by atoms with van der Waals surface area (Å²) in [7, 11) is 0. The summed E-state index contributed by atoms with van der Waals surface area (Å²) in [5.41, 5.74) is 0.119. The van der Waals surface area contributed by atoms with Crippen LogP contribution in [0.4, 0.5) is 14.9 Å². The lowest BCUT2D eigenvalue weighted by molar-refractivity contribution is 0.113. The number of ether oxygens (including phenoxy) is 1. The summed E-state index contributed by atoms with van der Waals surface area (Å²) < 4.78 is 23.3. The molecule has 2 aliphatic rings. The molecule has 3 heterocycles. The number of anilines is 1. The van der Waals surface area contributed by atoms with Gasteiger partial charge < -0.3 is 9.84 Å². The molecule has 1 unspecified atom stereocenters. The topological polar surface area (TPSA) is 107 Å². The lowest BCUT2D eigenvalue weighted by Crippen LogP contribution is -2.46. The van der Waals surface area contributed by atoms with Crippen molar-refractivity contribution in [2.24, 2.45) is 0 Å². The second kappa shape index (κ2) is 6.71. The van der Waals surface area contributed by atoms with Crippen LogP contribution < -0.4 is 21.4 Å². The van der Waals surface area contributed by atoms with Gasteiger partial charge >= 0.3 is 17.5 Å². The first kappa shape index (κ1) is 19.9. The Balaban J connectivity index is 1.73. The standard InChI is InChI=1S/C22H19FN4O5/c1-22(2)16-9-10-25-20(30)26(14-6-3-12(23)4-7-14)21(31)27(25)18(16)15-8-5-13(24-19(28)29)11-17(15)32-22/h3-9,11,18,24H,10H2,1-2H3,(H,28,29). The highest BCUT2D eigenvalue weighted by Gasteiger charge is 2.43. The quantitative estimate of drug-likeness (QED) is 0.599. The molecule has 1 amide bonds. The maximum atomic E-state index is 13.5. The van der Waals surface area contributed by atoms with Crippen molar-refractivity contribution < 1.29 is 19.0 Å². The Bertz CT molecular complexity index is 1410. The van der Waals surface area contributed by atoms with Gasteiger partial charge in [-0.1, -0.05) is 12.1 Å². The van der Waals surface area contributed by atoms with E-state index in [0.717, 1.165) is 10.1 Å². The van der Waals surface area contributed by atoms with E-state index in [1.807, 2.05) is 19.9 Å². The third-order valence-corrected chi connectivity index (χ3v) is 5.79. The van der Waals surface area contributed by atoms with Gasteiger partial charge in [-0.15, -0.1) is 0 Å². The van der Waals surface area contributed by atoms with E-state index in [0.29, 0.717) is 17.0 Å². The molecule has 32 heavy (non-hydrogen) atoms. The fraction of sp³-hybridized carbons (Fsp3) is 0.227. The molecular formula is C22H19FN4O5. The van der Waals surface area contributed by atoms with Crippen LogP contribution in [0.3, 0.4) is 0 Å². The summed E-state index contributed by atoms with van der Waals surface area (Å²) in [5, 5.41) is 11.3. The molecule has 5 rings (SSSR count). The van der Waals surface area contributed by atoms with Gasteiger partial charge in [0.1, 0.15) is 23.2 Å². The largest absolute Gasteiger partial charge is 0.483 e. The summed E-state index contributed by atoms with van der Waals surface area (Å²) in [6.45, 7) is 3.87. The number of hydrogen-bond donors (Lipinski definition) is 2. The Morgan fingerprint density at radius 2 is 1.88 bits per heavy atom. The Labute approximate surface area is 180 Å². The lowest BCUT2D eigenvalue weighted by Gasteiger charge is -2.42. The van der Waals surface area contributed by atoms with Gasteiger partial charge in [0.05, 0.1) is 12.2 Å². The van der Waals surface area contributed by atoms with E-state index in [9.17, 15) is 18.8 Å². The van der Waals surface area contributed by atoms with E-state index in [2.05, 4.69) is 5.32 Å². The van der Waals surface area contributed by atoms with Crippen molar-refractivity contribution in [3.05, 3.63) is 86.5 Å². The zero-order chi connectivity index (χ0) is 22.8. The van der Waals surface area contributed by atoms with Gasteiger partial charge in [-0.2, -0.15) is 0 Å². The highest BCUT2D eigenvalue weighted by atomic mass is 19.1. The fourth-order valence-corrected chi connectivity index (χ4v) is 4.41. The molecule has 164 valence electrons. The minimum atomic E-state index is -1.21. The number of nitrogens with one attached hydrogen (secondary N) is 1. The van der Waals surface area contributed by atoms with Crippen LogP contribution in [0.25, 0.3) is 5.69 Å². The number of amides is 1. The van der Waals surface area contributed by atoms with Crippen LogP contribution >= 0.6 is 0 Å². The molecule has 1 aromatic heterocycles. The van der Waals surface area contributed by atoms with E-state index in [1.165, 1.54) is 33.6 Å². The van der Waals surface area contributed by atoms with Crippen molar-refractivity contribution in [2.75, 3.05) is 5.32 Å². The Hall–Kier alpha value is -4.08. The van der Waals surface area contributed by atoms with Crippen molar-refractivity contribution >= 4 is 11.8 Å². The lowest BCUT2D eigenvalue weighted by atomic mass is 9.83. The number of aromatic nitrogens is 3. The molecule has 3 aromatic rings. The maximum absolute atomic E-state index is 13.5. The van der Waals surface area contributed by atoms with E-state index < -0.39 is 34.9 Å². The predicted molar refractivity (Wildman–Crippen MR) is 113 cm³/mol. The predicted octanol–water partition coefficient (Wildman–Crippen LogP) is 2.73. The Kier molecular flexibility index (Phi) is 4.16. The summed E-state index contributed by atoms with van der Waals surface area (Å²) in [6.07, 6.45) is 0.659. The molecule has 0 bridgehead atoms. The summed E-state index contributed by atoms with van der Waals surface area (Å²) in [5.74, 6) is -0.0635. The third-order valence-electron chi connectivity index (χ3n) is 5.79. The van der Waals surface area contributed by atoms with E-state index >= 15 is 0 Å². The summed E-state index contributed by atoms with van der Waals surface area (Å²) in [6, 6.07) is 9.33. The van der Waals surface area contributed by atoms with Gasteiger partial charge in [-0.05, 0) is 49.8 Å². The van der Waals surface area contributed by atoms with E-state index in [1.54, 1.807) is 18.2 Å². The van der Waals surface area contributed by atoms with Gasteiger partial charge in [0.2, 0.25) is 0 Å². The number of allylic oxidation sites excluding steroid dienone is 1. The molecule has 2 aromatic carbocycles. The first-order valence-corrected chi connectivity index (χ1v) is 9.91. The number of benzene rings is 2. The van der Waals surface area contributed by atoms with Gasteiger partial charge in [-0.3, -0.25) is 5.32 Å². The second-order valence-corrected chi connectivity index (χ2v) is 8.16. The number of nitrogens with zero attached hydrogens (tertiary/aromatic N) is 3. The average Bonchev–Trinajstić information content (AvgIpc) is 2.98. The second-order valence-electron chi connectivity index (χ2n) is 8.16. The third kappa shape index (κ3) is 2.87. The molecule has 0 spiro atoms. The molecule has 2 aliphatic heterocycles. The highest BCUT2D eigenvalue weighted by molar-refractivity contribution is 5.83. The van der Waals surface area contributed by atoms with Crippen molar-refractivity contribution in [2.45, 2.75) is 32.0 Å². The molecule has 10 heteroatoms. The van der Waals surface area contributed by atoms with Crippen molar-refractivity contribution in [1.29, 1.82) is 0 Å². The van der Waals surface area contributed by atoms with Gasteiger partial charge in [0.15, 0.2) is 0 Å². The van der Waals surface area contributed by atoms with Crippen LogP contribution in [-0.2, 0) is 6.54 Å². The number of rotatable bonds is 2. The van der Waals surface area contributed by atoms with Gasteiger partial charge in [0, 0.05) is 17.3 Å². The molecule has 0 aliphatic carbocycles. The molecule has 0 fully saturated rings. The smallest absolute Gasteiger partial charge is 0.409 e. The number of fused-ring (bicyclic) bond motifs is 5. The molecule has 9 nitrogen and oxygen atoms in total. The zero-order valence-electron chi connectivity index (χ0n) is 17.2. The monoisotopic (exact) mass is 438 g/mol. The zero-order valence-corrected chi connectivity index (χ0v) is 17.2. The van der Waals surface area contributed by atoms with Crippen LogP contribution in [0, 0.1) is 5.82 Å². The molecule has 1 atom stereocenters. The minimum absolute atomic E-state index is 0.175. The van der Waals surface area contributed by atoms with Gasteiger partial charge in [0.25, 0.3) is 0 Å². The highest BCUT2D eigenvalue weighted by Crippen LogP contribution is 2.46. The van der Waals surface area contributed by atoms with Crippen molar-refractivity contribution in [1.82, 2.24) is 13.9 Å². The average molecular weight is 438 g/mol. The van der Waals surface area contributed by atoms with Crippen molar-refractivity contribution in [3.63, 3.8) is 0 Å². The molecule has 0 saturated carbocycles. The number of carbonyl (C=O) groups is 1. The van der Waals surface area contributed by atoms with Crippen LogP contribution in [0.5, 0.6) is 5.75 Å². The van der Waals surface area contributed by atoms with E-state index in [-0.39, 0.29) is 12.2 Å². The SMILES string of the molecule is CC1(C)Oc2cc(NC(=O)O)ccc2C2C1=CCn1c(=O)n(-c3ccc(F)cc3)c(=O)n12. The number of carboxylic acid groups (broad SMARTS) is 1. The minimum Gasteiger partial charge on any atom is -0.483 e. The summed E-state index contributed by atoms with van der Waals surface area (Å²) in [4.78, 5) is 37.6. The molecule has 0 radical (unpaired) electrons. The van der Waals surface area contributed by atoms with Crippen LogP contribution in [-0.4, -0.2) is 30.7 Å². The Morgan fingerprint density at radius 3 is 2.56 bits per heavy atom. The number of hydrogen-bond acceptors (Lipinski definition) is 4. The first-order chi connectivity index (χ1) is 15.2. The normalized spacial score (nSPS) is 18.0. The van der Waals surface area contributed by atoms with Crippen molar-refractivity contribution in [3.8, 4) is 11.4 Å². The van der Waals surface area contributed by atoms with Crippen LogP contribution in [0.15, 0.2) is 63.7 Å². The van der Waals surface area contributed by atoms with Crippen LogP contribution in [0.1, 0.15) is 25.5 Å². The first-order valence-electron chi connectivity index (χ1n) is 9.91. The van der Waals surface area contributed by atoms with E-state index in [4.69, 9.17) is 9.84 Å². The Morgan fingerprint density at radius 1 is 1.16 bits per heavy atom. The fourth-order valence-electron chi connectivity index (χ4n) is 4.41. The molecule has 2 N–H and O–H groups in total. The van der Waals surface area contributed by atoms with Gasteiger partial charge in [-0.25, -0.2) is 32.7 Å². The molecule has 0 saturated heterocycles. The number of halogens is 1. The van der Waals surface area contributed by atoms with Crippen LogP contribution in [0.2, 0.25) is 0 Å². The maximum Gasteiger partial charge on any atom is 0.409 e.